The van der Waals surface area contributed by atoms with Gasteiger partial charge in [-0.3, -0.25) is 4.79 Å². The molecule has 6 nitrogen and oxygen atoms in total. The van der Waals surface area contributed by atoms with Crippen LogP contribution < -0.4 is 15.7 Å². The van der Waals surface area contributed by atoms with E-state index in [2.05, 4.69) is 15.3 Å². The van der Waals surface area contributed by atoms with E-state index in [4.69, 9.17) is 4.74 Å². The van der Waals surface area contributed by atoms with Crippen LogP contribution in [-0.2, 0) is 6.42 Å². The van der Waals surface area contributed by atoms with Crippen molar-refractivity contribution in [3.8, 4) is 5.75 Å². The van der Waals surface area contributed by atoms with E-state index in [1.165, 1.54) is 5.56 Å². The first-order chi connectivity index (χ1) is 12.0. The third-order valence-corrected chi connectivity index (χ3v) is 4.18. The minimum absolute atomic E-state index is 0.0376. The number of rotatable bonds is 6. The van der Waals surface area contributed by atoms with E-state index < -0.39 is 0 Å². The summed E-state index contributed by atoms with van der Waals surface area (Å²) in [5, 5.41) is 2.99. The molecule has 2 aromatic carbocycles. The van der Waals surface area contributed by atoms with Gasteiger partial charge in [0.05, 0.1) is 18.1 Å². The number of fused-ring (bicyclic) bond motifs is 1. The first-order valence-corrected chi connectivity index (χ1v) is 8.21. The quantitative estimate of drug-likeness (QED) is 0.645. The number of imidazole rings is 1. The average Bonchev–Trinajstić information content (AvgIpc) is 2.99. The Hall–Kier alpha value is -3.02. The highest BCUT2D eigenvalue weighted by molar-refractivity contribution is 5.97. The number of ether oxygens (including phenoxy) is 1. The lowest BCUT2D eigenvalue weighted by atomic mass is 10.1. The SMILES string of the molecule is COc1ccc(CC[C@H](C)NC(=O)c2ccc3[nH]c(=O)[nH]c3c2)cc1. The van der Waals surface area contributed by atoms with Crippen LogP contribution in [0.1, 0.15) is 29.3 Å². The molecule has 0 saturated carbocycles. The second kappa shape index (κ2) is 7.25. The van der Waals surface area contributed by atoms with Crippen molar-refractivity contribution in [2.45, 2.75) is 25.8 Å². The van der Waals surface area contributed by atoms with Gasteiger partial charge in [0, 0.05) is 11.6 Å². The number of carbonyl (C=O) groups excluding carboxylic acids is 1. The van der Waals surface area contributed by atoms with Crippen LogP contribution >= 0.6 is 0 Å². The number of aryl methyl sites for hydroxylation is 1. The van der Waals surface area contributed by atoms with Gasteiger partial charge < -0.3 is 20.0 Å². The molecule has 0 saturated heterocycles. The van der Waals surface area contributed by atoms with E-state index >= 15 is 0 Å². The Bertz CT molecular complexity index is 925. The van der Waals surface area contributed by atoms with Crippen molar-refractivity contribution in [1.82, 2.24) is 15.3 Å². The van der Waals surface area contributed by atoms with Gasteiger partial charge in [-0.1, -0.05) is 12.1 Å². The summed E-state index contributed by atoms with van der Waals surface area (Å²) in [4.78, 5) is 29.0. The van der Waals surface area contributed by atoms with E-state index in [9.17, 15) is 9.59 Å². The molecule has 0 bridgehead atoms. The molecule has 25 heavy (non-hydrogen) atoms. The van der Waals surface area contributed by atoms with Gasteiger partial charge in [0.15, 0.2) is 0 Å². The fourth-order valence-electron chi connectivity index (χ4n) is 2.73. The zero-order chi connectivity index (χ0) is 17.8. The van der Waals surface area contributed by atoms with Gasteiger partial charge in [0.25, 0.3) is 5.91 Å². The zero-order valence-corrected chi connectivity index (χ0v) is 14.3. The van der Waals surface area contributed by atoms with Crippen molar-refractivity contribution in [2.75, 3.05) is 7.11 Å². The highest BCUT2D eigenvalue weighted by Crippen LogP contribution is 2.14. The van der Waals surface area contributed by atoms with Crippen LogP contribution in [0.5, 0.6) is 5.75 Å². The number of carbonyl (C=O) groups is 1. The fourth-order valence-corrected chi connectivity index (χ4v) is 2.73. The Kier molecular flexibility index (Phi) is 4.88. The second-order valence-electron chi connectivity index (χ2n) is 6.10. The molecule has 0 aliphatic carbocycles. The summed E-state index contributed by atoms with van der Waals surface area (Å²) in [5.41, 5.74) is 2.77. The van der Waals surface area contributed by atoms with Gasteiger partial charge in [-0.15, -0.1) is 0 Å². The van der Waals surface area contributed by atoms with E-state index in [1.807, 2.05) is 31.2 Å². The highest BCUT2D eigenvalue weighted by Gasteiger charge is 2.11. The number of hydrogen-bond donors (Lipinski definition) is 3. The summed E-state index contributed by atoms with van der Waals surface area (Å²) in [5.74, 6) is 0.689. The lowest BCUT2D eigenvalue weighted by Crippen LogP contribution is -2.32. The summed E-state index contributed by atoms with van der Waals surface area (Å²) >= 11 is 0. The van der Waals surface area contributed by atoms with Crippen LogP contribution in [0, 0.1) is 0 Å². The Morgan fingerprint density at radius 3 is 2.56 bits per heavy atom. The molecule has 0 fully saturated rings. The van der Waals surface area contributed by atoms with Crippen molar-refractivity contribution in [1.29, 1.82) is 0 Å². The molecule has 3 rings (SSSR count). The van der Waals surface area contributed by atoms with Crippen LogP contribution in [-0.4, -0.2) is 29.0 Å². The number of amides is 1. The largest absolute Gasteiger partial charge is 0.497 e. The lowest BCUT2D eigenvalue weighted by molar-refractivity contribution is 0.0938. The van der Waals surface area contributed by atoms with Gasteiger partial charge in [0.1, 0.15) is 5.75 Å². The second-order valence-corrected chi connectivity index (χ2v) is 6.10. The maximum Gasteiger partial charge on any atom is 0.323 e. The van der Waals surface area contributed by atoms with Crippen LogP contribution in [0.2, 0.25) is 0 Å². The van der Waals surface area contributed by atoms with Crippen LogP contribution in [0.15, 0.2) is 47.3 Å². The van der Waals surface area contributed by atoms with Crippen molar-refractivity contribution >= 4 is 16.9 Å². The first kappa shape index (κ1) is 16.8. The normalized spacial score (nSPS) is 12.1. The molecule has 3 N–H and O–H groups in total. The predicted molar refractivity (Wildman–Crippen MR) is 97.2 cm³/mol. The summed E-state index contributed by atoms with van der Waals surface area (Å²) < 4.78 is 5.15. The zero-order valence-electron chi connectivity index (χ0n) is 14.3. The van der Waals surface area contributed by atoms with Crippen LogP contribution in [0.25, 0.3) is 11.0 Å². The predicted octanol–water partition coefficient (Wildman–Crippen LogP) is 2.62. The Balaban J connectivity index is 1.57. The molecular formula is C19H21N3O3. The maximum absolute atomic E-state index is 12.4. The molecule has 1 amide bonds. The Morgan fingerprint density at radius 1 is 1.12 bits per heavy atom. The third kappa shape index (κ3) is 4.09. The van der Waals surface area contributed by atoms with Crippen molar-refractivity contribution in [2.24, 2.45) is 0 Å². The molecule has 0 radical (unpaired) electrons. The van der Waals surface area contributed by atoms with Crippen molar-refractivity contribution in [3.05, 3.63) is 64.1 Å². The molecule has 0 aliphatic rings. The van der Waals surface area contributed by atoms with Crippen molar-refractivity contribution < 1.29 is 9.53 Å². The Labute approximate surface area is 145 Å². The minimum Gasteiger partial charge on any atom is -0.497 e. The number of H-pyrrole nitrogens is 2. The average molecular weight is 339 g/mol. The monoisotopic (exact) mass is 339 g/mol. The molecule has 1 heterocycles. The van der Waals surface area contributed by atoms with Gasteiger partial charge in [-0.05, 0) is 55.7 Å². The van der Waals surface area contributed by atoms with Gasteiger partial charge in [-0.2, -0.15) is 0 Å². The first-order valence-electron chi connectivity index (χ1n) is 8.21. The van der Waals surface area contributed by atoms with E-state index in [-0.39, 0.29) is 17.6 Å². The topological polar surface area (TPSA) is 87.0 Å². The standard InChI is InChI=1S/C19H21N3O3/c1-12(3-4-13-5-8-15(25-2)9-6-13)20-18(23)14-7-10-16-17(11-14)22-19(24)21-16/h5-12H,3-4H2,1-2H3,(H,20,23)(H2,21,22,24)/t12-/m0/s1. The summed E-state index contributed by atoms with van der Waals surface area (Å²) in [7, 11) is 1.65. The number of nitrogens with one attached hydrogen (secondary N) is 3. The number of aromatic amines is 2. The van der Waals surface area contributed by atoms with Gasteiger partial charge in [-0.25, -0.2) is 4.79 Å². The summed E-state index contributed by atoms with van der Waals surface area (Å²) in [6.45, 7) is 1.98. The van der Waals surface area contributed by atoms with Gasteiger partial charge >= 0.3 is 5.69 Å². The minimum atomic E-state index is -0.277. The summed E-state index contributed by atoms with van der Waals surface area (Å²) in [6, 6.07) is 13.1. The molecule has 1 aromatic heterocycles. The van der Waals surface area contributed by atoms with Gasteiger partial charge in [0.2, 0.25) is 0 Å². The molecule has 6 heteroatoms. The molecule has 0 unspecified atom stereocenters. The molecule has 130 valence electrons. The smallest absolute Gasteiger partial charge is 0.323 e. The number of aromatic nitrogens is 2. The third-order valence-electron chi connectivity index (χ3n) is 4.18. The van der Waals surface area contributed by atoms with E-state index in [0.717, 1.165) is 18.6 Å². The Morgan fingerprint density at radius 2 is 1.84 bits per heavy atom. The maximum atomic E-state index is 12.4. The summed E-state index contributed by atoms with van der Waals surface area (Å²) in [6.07, 6.45) is 1.71. The number of benzene rings is 2. The number of hydrogen-bond acceptors (Lipinski definition) is 3. The number of methoxy groups -OCH3 is 1. The van der Waals surface area contributed by atoms with Crippen LogP contribution in [0.4, 0.5) is 0 Å². The van der Waals surface area contributed by atoms with Crippen LogP contribution in [0.3, 0.4) is 0 Å². The lowest BCUT2D eigenvalue weighted by Gasteiger charge is -2.14. The fraction of sp³-hybridized carbons (Fsp3) is 0.263. The van der Waals surface area contributed by atoms with Crippen molar-refractivity contribution in [3.63, 3.8) is 0 Å². The van der Waals surface area contributed by atoms with E-state index in [0.29, 0.717) is 16.6 Å². The molecule has 0 spiro atoms. The highest BCUT2D eigenvalue weighted by atomic mass is 16.5. The molecule has 3 aromatic rings. The molecular weight excluding hydrogens is 318 g/mol. The van der Waals surface area contributed by atoms with E-state index in [1.54, 1.807) is 25.3 Å². The molecule has 0 aliphatic heterocycles. The molecule has 1 atom stereocenters.